The summed E-state index contributed by atoms with van der Waals surface area (Å²) >= 11 is 0. The van der Waals surface area contributed by atoms with Crippen molar-refractivity contribution in [2.45, 2.75) is 12.1 Å². The van der Waals surface area contributed by atoms with E-state index in [1.54, 1.807) is 24.1 Å². The first-order chi connectivity index (χ1) is 13.1. The molecule has 1 aliphatic rings. The molecule has 27 heavy (non-hydrogen) atoms. The van der Waals surface area contributed by atoms with Gasteiger partial charge in [0.1, 0.15) is 11.2 Å². The molecule has 8 heteroatoms. The van der Waals surface area contributed by atoms with Gasteiger partial charge in [0.15, 0.2) is 0 Å². The molecule has 0 saturated carbocycles. The molecule has 1 aromatic carbocycles. The molecule has 1 saturated heterocycles. The maximum absolute atomic E-state index is 12.8. The highest BCUT2D eigenvalue weighted by Gasteiger charge is 2.33. The number of H-pyrrole nitrogens is 1. The molecule has 1 aliphatic heterocycles. The lowest BCUT2D eigenvalue weighted by molar-refractivity contribution is -0.0708. The number of fused-ring (bicyclic) bond motifs is 1. The number of nitrogens with zero attached hydrogens (tertiary/aromatic N) is 5. The maximum atomic E-state index is 12.8. The Labute approximate surface area is 157 Å². The summed E-state index contributed by atoms with van der Waals surface area (Å²) in [5.74, 6) is -0.163. The predicted molar refractivity (Wildman–Crippen MR) is 100 cm³/mol. The molecule has 140 valence electrons. The van der Waals surface area contributed by atoms with Crippen LogP contribution in [0.3, 0.4) is 0 Å². The highest BCUT2D eigenvalue weighted by molar-refractivity contribution is 5.93. The largest absolute Gasteiger partial charge is 0.373 e. The quantitative estimate of drug-likeness (QED) is 0.753. The van der Waals surface area contributed by atoms with Crippen LogP contribution in [0.25, 0.3) is 11.2 Å². The number of benzene rings is 1. The number of aromatic amines is 1. The lowest BCUT2D eigenvalue weighted by Crippen LogP contribution is -2.48. The third kappa shape index (κ3) is 3.54. The van der Waals surface area contributed by atoms with E-state index >= 15 is 0 Å². The smallest absolute Gasteiger partial charge is 0.272 e. The number of nitrogens with one attached hydrogen (secondary N) is 1. The van der Waals surface area contributed by atoms with Crippen LogP contribution in [0.4, 0.5) is 0 Å². The minimum Gasteiger partial charge on any atom is -0.373 e. The van der Waals surface area contributed by atoms with E-state index in [1.165, 1.54) is 5.56 Å². The Morgan fingerprint density at radius 2 is 2.07 bits per heavy atom. The average Bonchev–Trinajstić information content (AvgIpc) is 3.16. The number of pyridine rings is 1. The summed E-state index contributed by atoms with van der Waals surface area (Å²) < 4.78 is 6.05. The number of hydrogen-bond acceptors (Lipinski definition) is 6. The van der Waals surface area contributed by atoms with Crippen molar-refractivity contribution in [2.75, 3.05) is 33.8 Å². The van der Waals surface area contributed by atoms with E-state index in [0.29, 0.717) is 30.0 Å². The van der Waals surface area contributed by atoms with Crippen molar-refractivity contribution >= 4 is 17.1 Å². The topological polar surface area (TPSA) is 87.2 Å². The molecular formula is C19H22N6O2. The van der Waals surface area contributed by atoms with Gasteiger partial charge in [0.25, 0.3) is 5.91 Å². The number of ether oxygens (including phenoxy) is 1. The van der Waals surface area contributed by atoms with Crippen LogP contribution in [-0.2, 0) is 4.74 Å². The van der Waals surface area contributed by atoms with E-state index in [2.05, 4.69) is 44.5 Å². The van der Waals surface area contributed by atoms with Gasteiger partial charge in [0.05, 0.1) is 18.8 Å². The fraction of sp³-hybridized carbons (Fsp3) is 0.368. The van der Waals surface area contributed by atoms with Gasteiger partial charge >= 0.3 is 0 Å². The second-order valence-electron chi connectivity index (χ2n) is 6.79. The van der Waals surface area contributed by atoms with Gasteiger partial charge in [-0.3, -0.25) is 9.69 Å². The van der Waals surface area contributed by atoms with Crippen molar-refractivity contribution in [1.29, 1.82) is 0 Å². The molecule has 1 amide bonds. The molecule has 1 N–H and O–H groups in total. The lowest BCUT2D eigenvalue weighted by atomic mass is 9.98. The Bertz CT molecular complexity index is 928. The van der Waals surface area contributed by atoms with Gasteiger partial charge in [-0.25, -0.2) is 4.98 Å². The van der Waals surface area contributed by atoms with Crippen LogP contribution in [0.5, 0.6) is 0 Å². The van der Waals surface area contributed by atoms with E-state index in [1.807, 2.05) is 18.2 Å². The Morgan fingerprint density at radius 1 is 1.26 bits per heavy atom. The first kappa shape index (κ1) is 17.6. The molecular weight excluding hydrogens is 344 g/mol. The normalized spacial score (nSPS) is 20.7. The molecule has 1 fully saturated rings. The highest BCUT2D eigenvalue weighted by atomic mass is 16.5. The van der Waals surface area contributed by atoms with Gasteiger partial charge in [-0.1, -0.05) is 30.3 Å². The number of rotatable bonds is 4. The number of carbonyl (C=O) groups is 1. The third-order valence-electron chi connectivity index (χ3n) is 4.94. The Kier molecular flexibility index (Phi) is 4.83. The minimum absolute atomic E-state index is 0.0983. The van der Waals surface area contributed by atoms with E-state index in [-0.39, 0.29) is 18.1 Å². The molecule has 0 unspecified atom stereocenters. The van der Waals surface area contributed by atoms with Gasteiger partial charge in [0.2, 0.25) is 5.65 Å². The molecule has 8 nitrogen and oxygen atoms in total. The van der Waals surface area contributed by atoms with Crippen molar-refractivity contribution in [3.63, 3.8) is 0 Å². The van der Waals surface area contributed by atoms with E-state index in [4.69, 9.17) is 4.74 Å². The van der Waals surface area contributed by atoms with Crippen LogP contribution in [0, 0.1) is 0 Å². The molecule has 3 aromatic rings. The third-order valence-corrected chi connectivity index (χ3v) is 4.94. The summed E-state index contributed by atoms with van der Waals surface area (Å²) in [6.07, 6.45) is -0.115. The molecule has 2 atom stereocenters. The van der Waals surface area contributed by atoms with Crippen LogP contribution < -0.4 is 0 Å². The molecule has 0 spiro atoms. The summed E-state index contributed by atoms with van der Waals surface area (Å²) in [6.45, 7) is 1.98. The SMILES string of the molecule is CN(C[C@@H]1OCCN(C)[C@H]1c1ccccc1)C(=O)c1ccc2n[nH]nc2n1. The zero-order valence-corrected chi connectivity index (χ0v) is 15.4. The monoisotopic (exact) mass is 366 g/mol. The first-order valence-corrected chi connectivity index (χ1v) is 8.93. The van der Waals surface area contributed by atoms with E-state index < -0.39 is 0 Å². The Morgan fingerprint density at radius 3 is 2.89 bits per heavy atom. The molecule has 0 aliphatic carbocycles. The summed E-state index contributed by atoms with van der Waals surface area (Å²) in [5.41, 5.74) is 2.60. The number of likely N-dealkylation sites (N-methyl/N-ethyl adjacent to an activating group) is 2. The second kappa shape index (κ2) is 7.42. The molecule has 4 rings (SSSR count). The van der Waals surface area contributed by atoms with Gasteiger partial charge in [-0.2, -0.15) is 10.3 Å². The average molecular weight is 366 g/mol. The van der Waals surface area contributed by atoms with Crippen molar-refractivity contribution < 1.29 is 9.53 Å². The van der Waals surface area contributed by atoms with E-state index in [9.17, 15) is 4.79 Å². The minimum atomic E-state index is -0.163. The van der Waals surface area contributed by atoms with Crippen LogP contribution >= 0.6 is 0 Å². The van der Waals surface area contributed by atoms with Crippen molar-refractivity contribution in [1.82, 2.24) is 30.2 Å². The van der Waals surface area contributed by atoms with Crippen molar-refractivity contribution in [3.8, 4) is 0 Å². The molecule has 0 radical (unpaired) electrons. The number of aromatic nitrogens is 4. The van der Waals surface area contributed by atoms with Gasteiger partial charge in [-0.05, 0) is 24.7 Å². The molecule has 2 aromatic heterocycles. The highest BCUT2D eigenvalue weighted by Crippen LogP contribution is 2.28. The van der Waals surface area contributed by atoms with E-state index in [0.717, 1.165) is 6.54 Å². The van der Waals surface area contributed by atoms with Crippen molar-refractivity contribution in [2.24, 2.45) is 0 Å². The van der Waals surface area contributed by atoms with Gasteiger partial charge in [0, 0.05) is 20.1 Å². The maximum Gasteiger partial charge on any atom is 0.272 e. The molecule has 3 heterocycles. The second-order valence-corrected chi connectivity index (χ2v) is 6.79. The van der Waals surface area contributed by atoms with Gasteiger partial charge < -0.3 is 9.64 Å². The van der Waals surface area contributed by atoms with Crippen LogP contribution in [0.15, 0.2) is 42.5 Å². The fourth-order valence-electron chi connectivity index (χ4n) is 3.54. The zero-order chi connectivity index (χ0) is 18.8. The first-order valence-electron chi connectivity index (χ1n) is 8.93. The summed E-state index contributed by atoms with van der Waals surface area (Å²) in [6, 6.07) is 13.8. The van der Waals surface area contributed by atoms with Crippen LogP contribution in [-0.4, -0.2) is 76.0 Å². The van der Waals surface area contributed by atoms with Crippen molar-refractivity contribution in [3.05, 3.63) is 53.7 Å². The number of hydrogen-bond donors (Lipinski definition) is 1. The number of carbonyl (C=O) groups excluding carboxylic acids is 1. The van der Waals surface area contributed by atoms with Crippen LogP contribution in [0.1, 0.15) is 22.1 Å². The summed E-state index contributed by atoms with van der Waals surface area (Å²) in [7, 11) is 3.87. The predicted octanol–water partition coefficient (Wildman–Crippen LogP) is 1.50. The van der Waals surface area contributed by atoms with Gasteiger partial charge in [-0.15, -0.1) is 5.10 Å². The Hall–Kier alpha value is -2.84. The lowest BCUT2D eigenvalue weighted by Gasteiger charge is -2.40. The summed E-state index contributed by atoms with van der Waals surface area (Å²) in [4.78, 5) is 21.1. The zero-order valence-electron chi connectivity index (χ0n) is 15.4. The summed E-state index contributed by atoms with van der Waals surface area (Å²) in [5, 5.41) is 10.4. The fourth-order valence-corrected chi connectivity index (χ4v) is 3.54. The standard InChI is InChI=1S/C19H22N6O2/c1-24-10-11-27-16(17(24)13-6-4-3-5-7-13)12-25(2)19(26)15-9-8-14-18(20-15)22-23-21-14/h3-9,16-17H,10-12H2,1-2H3,(H,20,21,22,23)/t16-,17-/m0/s1. The molecule has 0 bridgehead atoms. The van der Waals surface area contributed by atoms with Crippen LogP contribution in [0.2, 0.25) is 0 Å². The Balaban J connectivity index is 1.52. The number of amides is 1. The number of morpholine rings is 1.